The third-order valence-electron chi connectivity index (χ3n) is 1.05. The minimum atomic E-state index is -1.78. The summed E-state index contributed by atoms with van der Waals surface area (Å²) in [4.78, 5) is 6.02. The predicted octanol–water partition coefficient (Wildman–Crippen LogP) is 0.0308. The highest BCUT2D eigenvalue weighted by Crippen LogP contribution is 2.11. The van der Waals surface area contributed by atoms with Crippen LogP contribution in [0.3, 0.4) is 0 Å². The van der Waals surface area contributed by atoms with Crippen molar-refractivity contribution in [1.82, 2.24) is 9.97 Å². The summed E-state index contributed by atoms with van der Waals surface area (Å²) in [6.45, 7) is 0. The number of hydrogen-bond acceptors (Lipinski definition) is 3. The maximum atomic E-state index is 12.7. The van der Waals surface area contributed by atoms with Crippen LogP contribution in [-0.2, 0) is 0 Å². The van der Waals surface area contributed by atoms with Gasteiger partial charge < -0.3 is 15.2 Å². The number of aliphatic hydroxyl groups excluding tert-OH is 1. The second-order valence-corrected chi connectivity index (χ2v) is 1.89. The van der Waals surface area contributed by atoms with Crippen LogP contribution in [0.25, 0.3) is 5.83 Å². The van der Waals surface area contributed by atoms with Crippen LogP contribution in [0.1, 0.15) is 5.69 Å². The number of rotatable bonds is 2. The standard InChI is InChI=1S/C6H7FN2O2/c7-4(1-6(10)11)5-2-8-3-9-5/h1-3,6,10-11H,(H,8,9)/b4-1-. The van der Waals surface area contributed by atoms with Gasteiger partial charge in [0.1, 0.15) is 5.83 Å². The molecular weight excluding hydrogens is 151 g/mol. The Balaban J connectivity index is 2.77. The molecule has 1 rings (SSSR count). The van der Waals surface area contributed by atoms with Crippen LogP contribution in [0.4, 0.5) is 4.39 Å². The normalized spacial score (nSPS) is 12.5. The summed E-state index contributed by atoms with van der Waals surface area (Å²) in [5, 5.41) is 16.7. The van der Waals surface area contributed by atoms with E-state index in [9.17, 15) is 4.39 Å². The van der Waals surface area contributed by atoms with E-state index in [4.69, 9.17) is 10.2 Å². The zero-order valence-corrected chi connectivity index (χ0v) is 5.53. The van der Waals surface area contributed by atoms with Crippen LogP contribution in [-0.4, -0.2) is 26.5 Å². The first-order valence-corrected chi connectivity index (χ1v) is 2.92. The number of H-pyrrole nitrogens is 1. The lowest BCUT2D eigenvalue weighted by atomic mass is 10.4. The Bertz CT molecular complexity index is 243. The highest BCUT2D eigenvalue weighted by atomic mass is 19.1. The van der Waals surface area contributed by atoms with Gasteiger partial charge in [-0.15, -0.1) is 0 Å². The molecule has 0 fully saturated rings. The molecule has 0 spiro atoms. The lowest BCUT2D eigenvalue weighted by Crippen LogP contribution is -1.98. The van der Waals surface area contributed by atoms with Gasteiger partial charge in [-0.05, 0) is 0 Å². The van der Waals surface area contributed by atoms with E-state index in [1.54, 1.807) is 0 Å². The van der Waals surface area contributed by atoms with Gasteiger partial charge in [0, 0.05) is 6.08 Å². The molecule has 0 amide bonds. The van der Waals surface area contributed by atoms with Crippen LogP contribution in [0.15, 0.2) is 18.6 Å². The first-order chi connectivity index (χ1) is 5.20. The molecule has 0 radical (unpaired) electrons. The van der Waals surface area contributed by atoms with Crippen molar-refractivity contribution < 1.29 is 14.6 Å². The fourth-order valence-electron chi connectivity index (χ4n) is 0.607. The molecular formula is C6H7FN2O2. The Hall–Kier alpha value is -1.20. The SMILES string of the molecule is OC(O)/C=C(\F)c1cnc[nH]1. The van der Waals surface area contributed by atoms with Crippen molar-refractivity contribution in [2.45, 2.75) is 6.29 Å². The number of halogens is 1. The predicted molar refractivity (Wildman–Crippen MR) is 35.9 cm³/mol. The van der Waals surface area contributed by atoms with Crippen molar-refractivity contribution in [3.05, 3.63) is 24.3 Å². The molecule has 0 saturated heterocycles. The van der Waals surface area contributed by atoms with Gasteiger partial charge in [-0.3, -0.25) is 0 Å². The maximum absolute atomic E-state index is 12.7. The highest BCUT2D eigenvalue weighted by Gasteiger charge is 2.02. The topological polar surface area (TPSA) is 69.1 Å². The molecule has 0 atom stereocenters. The summed E-state index contributed by atoms with van der Waals surface area (Å²) in [6.07, 6.45) is 1.42. The van der Waals surface area contributed by atoms with E-state index < -0.39 is 12.1 Å². The number of aromatic nitrogens is 2. The molecule has 0 aliphatic rings. The Morgan fingerprint density at radius 1 is 1.73 bits per heavy atom. The van der Waals surface area contributed by atoms with E-state index in [-0.39, 0.29) is 5.69 Å². The van der Waals surface area contributed by atoms with E-state index >= 15 is 0 Å². The third-order valence-corrected chi connectivity index (χ3v) is 1.05. The fourth-order valence-corrected chi connectivity index (χ4v) is 0.607. The Morgan fingerprint density at radius 2 is 2.45 bits per heavy atom. The van der Waals surface area contributed by atoms with Crippen molar-refractivity contribution in [2.75, 3.05) is 0 Å². The second-order valence-electron chi connectivity index (χ2n) is 1.89. The smallest absolute Gasteiger partial charge is 0.174 e. The molecule has 11 heavy (non-hydrogen) atoms. The van der Waals surface area contributed by atoms with E-state index in [0.29, 0.717) is 6.08 Å². The molecule has 3 N–H and O–H groups in total. The Morgan fingerprint density at radius 3 is 2.91 bits per heavy atom. The summed E-state index contributed by atoms with van der Waals surface area (Å²) in [5.74, 6) is -0.738. The van der Waals surface area contributed by atoms with Crippen LogP contribution in [0, 0.1) is 0 Å². The van der Waals surface area contributed by atoms with E-state index in [1.807, 2.05) is 0 Å². The Labute approximate surface area is 62.0 Å². The van der Waals surface area contributed by atoms with Crippen LogP contribution >= 0.6 is 0 Å². The average Bonchev–Trinajstić information content (AvgIpc) is 2.35. The Kier molecular flexibility index (Phi) is 2.35. The highest BCUT2D eigenvalue weighted by molar-refractivity contribution is 5.54. The summed E-state index contributed by atoms with van der Waals surface area (Å²) in [5.41, 5.74) is 0.123. The molecule has 1 aromatic heterocycles. The summed E-state index contributed by atoms with van der Waals surface area (Å²) < 4.78 is 12.7. The van der Waals surface area contributed by atoms with Crippen LogP contribution < -0.4 is 0 Å². The van der Waals surface area contributed by atoms with Gasteiger partial charge in [0.15, 0.2) is 6.29 Å². The molecule has 0 aromatic carbocycles. The van der Waals surface area contributed by atoms with Gasteiger partial charge in [0.25, 0.3) is 0 Å². The molecule has 60 valence electrons. The number of nitrogens with one attached hydrogen (secondary N) is 1. The number of imidazole rings is 1. The first kappa shape index (κ1) is 7.90. The molecule has 0 bridgehead atoms. The largest absolute Gasteiger partial charge is 0.365 e. The third kappa shape index (κ3) is 2.14. The monoisotopic (exact) mass is 158 g/mol. The van der Waals surface area contributed by atoms with Crippen molar-refractivity contribution in [1.29, 1.82) is 0 Å². The van der Waals surface area contributed by atoms with Crippen molar-refractivity contribution in [3.8, 4) is 0 Å². The average molecular weight is 158 g/mol. The molecule has 0 unspecified atom stereocenters. The van der Waals surface area contributed by atoms with Crippen molar-refractivity contribution in [3.63, 3.8) is 0 Å². The zero-order chi connectivity index (χ0) is 8.27. The number of nitrogens with zero attached hydrogens (tertiary/aromatic N) is 1. The first-order valence-electron chi connectivity index (χ1n) is 2.92. The van der Waals surface area contributed by atoms with Gasteiger partial charge in [-0.1, -0.05) is 0 Å². The van der Waals surface area contributed by atoms with Gasteiger partial charge in [0.05, 0.1) is 18.2 Å². The zero-order valence-electron chi connectivity index (χ0n) is 5.53. The lowest BCUT2D eigenvalue weighted by molar-refractivity contribution is 0.00226. The molecule has 0 aliphatic carbocycles. The maximum Gasteiger partial charge on any atom is 0.174 e. The van der Waals surface area contributed by atoms with Crippen molar-refractivity contribution >= 4 is 5.83 Å². The van der Waals surface area contributed by atoms with Gasteiger partial charge in [0.2, 0.25) is 0 Å². The van der Waals surface area contributed by atoms with E-state index in [1.165, 1.54) is 12.5 Å². The van der Waals surface area contributed by atoms with Crippen LogP contribution in [0.5, 0.6) is 0 Å². The minimum Gasteiger partial charge on any atom is -0.365 e. The number of hydrogen-bond donors (Lipinski definition) is 3. The van der Waals surface area contributed by atoms with E-state index in [2.05, 4.69) is 9.97 Å². The number of aromatic amines is 1. The molecule has 5 heteroatoms. The molecule has 1 aromatic rings. The molecule has 0 aliphatic heterocycles. The summed E-state index contributed by atoms with van der Waals surface area (Å²) >= 11 is 0. The summed E-state index contributed by atoms with van der Waals surface area (Å²) in [7, 11) is 0. The van der Waals surface area contributed by atoms with Gasteiger partial charge >= 0.3 is 0 Å². The quantitative estimate of drug-likeness (QED) is 0.532. The minimum absolute atomic E-state index is 0.123. The van der Waals surface area contributed by atoms with Crippen LogP contribution in [0.2, 0.25) is 0 Å². The lowest BCUT2D eigenvalue weighted by Gasteiger charge is -1.94. The van der Waals surface area contributed by atoms with Gasteiger partial charge in [-0.25, -0.2) is 9.37 Å². The molecule has 1 heterocycles. The van der Waals surface area contributed by atoms with E-state index in [0.717, 1.165) is 0 Å². The van der Waals surface area contributed by atoms with Gasteiger partial charge in [-0.2, -0.15) is 0 Å². The molecule has 4 nitrogen and oxygen atoms in total. The van der Waals surface area contributed by atoms with Crippen molar-refractivity contribution in [2.24, 2.45) is 0 Å². The second kappa shape index (κ2) is 3.27. The molecule has 0 saturated carbocycles. The summed E-state index contributed by atoms with van der Waals surface area (Å²) in [6, 6.07) is 0. The number of aliphatic hydroxyl groups is 2. The fraction of sp³-hybridized carbons (Fsp3) is 0.167.